The van der Waals surface area contributed by atoms with Crippen LogP contribution in [0.1, 0.15) is 79.1 Å². The molecule has 6 N–H and O–H groups in total. The summed E-state index contributed by atoms with van der Waals surface area (Å²) in [5.74, 6) is 0. The molecule has 0 aliphatic heterocycles. The molecule has 6 heteroatoms. The second kappa shape index (κ2) is 26.8. The Morgan fingerprint density at radius 1 is 0.636 bits per heavy atom. The van der Waals surface area contributed by atoms with Gasteiger partial charge in [0.05, 0.1) is 0 Å². The fourth-order valence-electron chi connectivity index (χ4n) is 2.05. The average Bonchev–Trinajstić information content (AvgIpc) is 2.42. The summed E-state index contributed by atoms with van der Waals surface area (Å²) in [4.78, 5) is 10.5. The van der Waals surface area contributed by atoms with Crippen LogP contribution >= 0.6 is 0 Å². The van der Waals surface area contributed by atoms with E-state index in [-0.39, 0.29) is 37.2 Å². The first-order valence-corrected chi connectivity index (χ1v) is 11.0. The molecular weight excluding hydrogens is 375 g/mol. The number of hydrogen-bond acceptors (Lipinski definition) is 2. The molecule has 0 heterocycles. The van der Waals surface area contributed by atoms with Gasteiger partial charge >= 0.3 is 0 Å². The van der Waals surface area contributed by atoms with Crippen molar-refractivity contribution in [1.82, 2.24) is 0 Å². The summed E-state index contributed by atoms with van der Waals surface area (Å²) in [6.07, 6.45) is 9.42. The van der Waals surface area contributed by atoms with Gasteiger partial charge in [0.1, 0.15) is 0 Å². The Morgan fingerprint density at radius 3 is 1.05 bits per heavy atom. The van der Waals surface area contributed by atoms with E-state index in [2.05, 4.69) is 27.7 Å². The third-order valence-corrected chi connectivity index (χ3v) is 7.35. The second-order valence-electron chi connectivity index (χ2n) is 5.61. The summed E-state index contributed by atoms with van der Waals surface area (Å²) < 4.78 is 0. The van der Waals surface area contributed by atoms with Gasteiger partial charge in [-0.15, -0.1) is 0 Å². The van der Waals surface area contributed by atoms with Crippen molar-refractivity contribution in [3.63, 3.8) is 0 Å². The first kappa shape index (κ1) is 34.3. The zero-order valence-electron chi connectivity index (χ0n) is 15.4. The molecule has 0 saturated carbocycles. The van der Waals surface area contributed by atoms with E-state index in [1.54, 1.807) is 0 Å². The zero-order chi connectivity index (χ0) is 15.0. The molecule has 0 bridgehead atoms. The van der Waals surface area contributed by atoms with Gasteiger partial charge in [-0.25, -0.2) is 0 Å². The van der Waals surface area contributed by atoms with E-state index < -0.39 is 8.32 Å². The van der Waals surface area contributed by atoms with E-state index in [0.717, 1.165) is 31.0 Å². The third kappa shape index (κ3) is 25.9. The van der Waals surface area contributed by atoms with Crippen LogP contribution in [0.25, 0.3) is 0 Å². The van der Waals surface area contributed by atoms with Crippen LogP contribution in [0.5, 0.6) is 0 Å². The van der Waals surface area contributed by atoms with Crippen LogP contribution in [0.3, 0.4) is 0 Å². The summed E-state index contributed by atoms with van der Waals surface area (Å²) in [7, 11) is -1.81. The van der Waals surface area contributed by atoms with E-state index in [9.17, 15) is 4.80 Å². The van der Waals surface area contributed by atoms with Crippen LogP contribution in [-0.4, -0.2) is 35.8 Å². The van der Waals surface area contributed by atoms with Crippen molar-refractivity contribution in [2.75, 3.05) is 6.61 Å². The Hall–Kier alpha value is 0.940. The fraction of sp³-hybridized carbons (Fsp3) is 1.00. The van der Waals surface area contributed by atoms with Crippen molar-refractivity contribution in [2.45, 2.75) is 97.2 Å². The Labute approximate surface area is 159 Å². The van der Waals surface area contributed by atoms with Gasteiger partial charge in [0, 0.05) is 32.8 Å². The molecule has 4 nitrogen and oxygen atoms in total. The van der Waals surface area contributed by atoms with Gasteiger partial charge in [-0.2, -0.15) is 0 Å². The molecular formula is C16H42O4SiZr. The maximum atomic E-state index is 10.5. The predicted molar refractivity (Wildman–Crippen MR) is 96.3 cm³/mol. The minimum absolute atomic E-state index is 0. The third-order valence-electron chi connectivity index (χ3n) is 3.50. The van der Waals surface area contributed by atoms with Crippen molar-refractivity contribution >= 4 is 8.32 Å². The van der Waals surface area contributed by atoms with Crippen LogP contribution < -0.4 is 0 Å². The smallest absolute Gasteiger partial charge is 0.188 e. The van der Waals surface area contributed by atoms with Crippen molar-refractivity contribution in [2.24, 2.45) is 0 Å². The Kier molecular flexibility index (Phi) is 41.8. The molecule has 0 atom stereocenters. The van der Waals surface area contributed by atoms with Gasteiger partial charge in [-0.3, -0.25) is 0 Å². The van der Waals surface area contributed by atoms with E-state index in [4.69, 9.17) is 5.11 Å². The number of aliphatic hydroxyl groups is 1. The Bertz CT molecular complexity index is 150. The van der Waals surface area contributed by atoms with E-state index >= 15 is 0 Å². The largest absolute Gasteiger partial charge is 0.432 e. The van der Waals surface area contributed by atoms with Crippen LogP contribution in [0.4, 0.5) is 0 Å². The van der Waals surface area contributed by atoms with Crippen LogP contribution in [0.15, 0.2) is 0 Å². The number of unbranched alkanes of at least 4 members (excludes halogenated alkanes) is 4. The second-order valence-corrected chi connectivity index (χ2v) is 9.56. The van der Waals surface area contributed by atoms with E-state index in [1.807, 2.05) is 0 Å². The van der Waals surface area contributed by atoms with E-state index in [0.29, 0.717) is 6.61 Å². The summed E-state index contributed by atoms with van der Waals surface area (Å²) in [6.45, 7) is 9.05. The molecule has 0 amide bonds. The van der Waals surface area contributed by atoms with Crippen LogP contribution in [0.2, 0.25) is 18.1 Å². The zero-order valence-corrected chi connectivity index (χ0v) is 18.8. The summed E-state index contributed by atoms with van der Waals surface area (Å²) in [5.41, 5.74) is 0. The normalized spacial score (nSPS) is 9.55. The quantitative estimate of drug-likeness (QED) is 0.503. The molecule has 0 aromatic carbocycles. The number of aliphatic hydroxyl groups excluding tert-OH is 1. The SMILES string of the molecule is CCCCO.CCCC[Si](O)(CCCC)CCCC.O.O.[Zr]. The summed E-state index contributed by atoms with van der Waals surface area (Å²) in [6, 6.07) is 3.43. The van der Waals surface area contributed by atoms with Gasteiger partial charge in [0.15, 0.2) is 8.32 Å². The molecule has 0 aromatic heterocycles. The van der Waals surface area contributed by atoms with Gasteiger partial charge in [-0.05, 0) is 24.6 Å². The Balaban J connectivity index is -0.000000105. The average molecular weight is 418 g/mol. The predicted octanol–water partition coefficient (Wildman–Crippen LogP) is 3.45. The molecule has 0 radical (unpaired) electrons. The molecule has 0 spiro atoms. The maximum absolute atomic E-state index is 10.5. The van der Waals surface area contributed by atoms with Crippen molar-refractivity contribution in [1.29, 1.82) is 0 Å². The molecule has 0 saturated heterocycles. The molecule has 0 aliphatic rings. The number of rotatable bonds is 11. The fourth-order valence-corrected chi connectivity index (χ4v) is 5.84. The van der Waals surface area contributed by atoms with Gasteiger partial charge in [0.25, 0.3) is 0 Å². The molecule has 22 heavy (non-hydrogen) atoms. The summed E-state index contributed by atoms with van der Waals surface area (Å²) >= 11 is 0. The van der Waals surface area contributed by atoms with Crippen molar-refractivity contribution in [3.8, 4) is 0 Å². The molecule has 0 fully saturated rings. The molecule has 0 aliphatic carbocycles. The van der Waals surface area contributed by atoms with Crippen molar-refractivity contribution in [3.05, 3.63) is 0 Å². The summed E-state index contributed by atoms with van der Waals surface area (Å²) in [5, 5.41) is 8.07. The van der Waals surface area contributed by atoms with Gasteiger partial charge < -0.3 is 20.9 Å². The molecule has 0 aromatic rings. The molecule has 0 unspecified atom stereocenters. The number of hydrogen-bond donors (Lipinski definition) is 2. The molecule has 0 rings (SSSR count). The topological polar surface area (TPSA) is 103 Å². The standard InChI is InChI=1S/C12H28OSi.C4H10O.2H2O.Zr/c1-4-7-10-14(13,11-8-5-2)12-9-6-3;1-2-3-4-5;;;/h13H,4-12H2,1-3H3;5H,2-4H2,1H3;2*1H2;. The van der Waals surface area contributed by atoms with Gasteiger partial charge in [0.2, 0.25) is 0 Å². The minimum Gasteiger partial charge on any atom is -0.432 e. The minimum atomic E-state index is -1.81. The van der Waals surface area contributed by atoms with E-state index in [1.165, 1.54) is 38.5 Å². The molecule has 138 valence electrons. The Morgan fingerprint density at radius 2 is 0.909 bits per heavy atom. The van der Waals surface area contributed by atoms with Crippen LogP contribution in [0, 0.1) is 0 Å². The first-order valence-electron chi connectivity index (χ1n) is 8.43. The van der Waals surface area contributed by atoms with Crippen LogP contribution in [-0.2, 0) is 26.2 Å². The maximum Gasteiger partial charge on any atom is 0.188 e. The van der Waals surface area contributed by atoms with Crippen molar-refractivity contribution < 1.29 is 47.1 Å². The van der Waals surface area contributed by atoms with Gasteiger partial charge in [-0.1, -0.05) is 72.6 Å². The first-order chi connectivity index (χ1) is 9.10. The monoisotopic (exact) mass is 416 g/mol.